The van der Waals surface area contributed by atoms with E-state index in [1.165, 1.54) is 231 Å². The second kappa shape index (κ2) is 52.1. The number of allylic oxidation sites excluding steroid dienone is 2. The van der Waals surface area contributed by atoms with Crippen LogP contribution >= 0.6 is 7.82 Å². The maximum Gasteiger partial charge on any atom is 0.472 e. The van der Waals surface area contributed by atoms with Crippen molar-refractivity contribution in [2.24, 2.45) is 5.73 Å². The molecule has 386 valence electrons. The fraction of sp³-hybridized carbons (Fsp3) is 0.927. The van der Waals surface area contributed by atoms with Crippen LogP contribution in [0.3, 0.4) is 0 Å². The topological polar surface area (TPSA) is 134 Å². The van der Waals surface area contributed by atoms with Crippen molar-refractivity contribution in [2.75, 3.05) is 26.4 Å². The summed E-state index contributed by atoms with van der Waals surface area (Å²) in [6, 6.07) is 0. The summed E-state index contributed by atoms with van der Waals surface area (Å²) in [6.45, 7) is 3.80. The summed E-state index contributed by atoms with van der Waals surface area (Å²) >= 11 is 0. The van der Waals surface area contributed by atoms with E-state index in [4.69, 9.17) is 24.3 Å². The average molecular weight is 942 g/mol. The number of hydrogen-bond acceptors (Lipinski definition) is 8. The smallest absolute Gasteiger partial charge is 0.462 e. The van der Waals surface area contributed by atoms with E-state index in [9.17, 15) is 19.0 Å². The van der Waals surface area contributed by atoms with Crippen LogP contribution in [-0.4, -0.2) is 49.3 Å². The Morgan fingerprint density at radius 3 is 1.09 bits per heavy atom. The van der Waals surface area contributed by atoms with Crippen LogP contribution in [0.15, 0.2) is 12.2 Å². The van der Waals surface area contributed by atoms with E-state index in [0.717, 1.165) is 32.1 Å². The number of rotatable bonds is 54. The van der Waals surface area contributed by atoms with E-state index in [1.54, 1.807) is 0 Å². The normalized spacial score (nSPS) is 13.1. The lowest BCUT2D eigenvalue weighted by Gasteiger charge is -2.19. The molecule has 0 fully saturated rings. The van der Waals surface area contributed by atoms with Crippen LogP contribution in [-0.2, 0) is 32.7 Å². The molecule has 10 heteroatoms. The number of ether oxygens (including phenoxy) is 2. The molecule has 0 aromatic heterocycles. The number of carbonyl (C=O) groups is 2. The molecule has 0 aromatic rings. The Bertz CT molecular complexity index is 1070. The average Bonchev–Trinajstić information content (AvgIpc) is 3.30. The molecule has 0 aliphatic rings. The zero-order valence-electron chi connectivity index (χ0n) is 43.0. The SMILES string of the molecule is CCCCCCCCCC/C=C\CCCCCCCCCCCCCCCCCCCC(=O)OC(COC(=O)CCCCCCCCCCCCCCCCC)COP(=O)(O)OCCN. The number of hydrogen-bond donors (Lipinski definition) is 2. The third kappa shape index (κ3) is 52.0. The van der Waals surface area contributed by atoms with Gasteiger partial charge in [-0.1, -0.05) is 257 Å². The summed E-state index contributed by atoms with van der Waals surface area (Å²) in [5, 5.41) is 0. The van der Waals surface area contributed by atoms with Gasteiger partial charge in [0.05, 0.1) is 13.2 Å². The Kier molecular flexibility index (Phi) is 51.1. The van der Waals surface area contributed by atoms with Crippen molar-refractivity contribution in [1.82, 2.24) is 0 Å². The number of nitrogens with two attached hydrogens (primary N) is 1. The van der Waals surface area contributed by atoms with Crippen molar-refractivity contribution < 1.29 is 37.6 Å². The summed E-state index contributed by atoms with van der Waals surface area (Å²) in [5.74, 6) is -0.808. The van der Waals surface area contributed by atoms with E-state index in [2.05, 4.69) is 26.0 Å². The minimum Gasteiger partial charge on any atom is -0.462 e. The summed E-state index contributed by atoms with van der Waals surface area (Å²) in [4.78, 5) is 35.1. The van der Waals surface area contributed by atoms with Gasteiger partial charge in [0.2, 0.25) is 0 Å². The van der Waals surface area contributed by atoms with Gasteiger partial charge in [-0.15, -0.1) is 0 Å². The molecule has 0 saturated heterocycles. The van der Waals surface area contributed by atoms with Gasteiger partial charge >= 0.3 is 19.8 Å². The van der Waals surface area contributed by atoms with Crippen molar-refractivity contribution in [3.8, 4) is 0 Å². The Morgan fingerprint density at radius 2 is 0.754 bits per heavy atom. The zero-order chi connectivity index (χ0) is 47.4. The van der Waals surface area contributed by atoms with Gasteiger partial charge in [0.1, 0.15) is 6.61 Å². The number of unbranched alkanes of at least 4 members (excludes halogenated alkanes) is 39. The molecule has 0 amide bonds. The molecule has 0 radical (unpaired) electrons. The van der Waals surface area contributed by atoms with Gasteiger partial charge < -0.3 is 20.1 Å². The fourth-order valence-corrected chi connectivity index (χ4v) is 9.22. The molecule has 0 saturated carbocycles. The summed E-state index contributed by atoms with van der Waals surface area (Å²) in [6.07, 6.45) is 58.4. The molecule has 0 aliphatic carbocycles. The third-order valence-electron chi connectivity index (χ3n) is 12.7. The monoisotopic (exact) mass is 942 g/mol. The van der Waals surface area contributed by atoms with Gasteiger partial charge in [-0.25, -0.2) is 4.57 Å². The van der Waals surface area contributed by atoms with Gasteiger partial charge in [-0.3, -0.25) is 18.6 Å². The van der Waals surface area contributed by atoms with Crippen LogP contribution in [0.5, 0.6) is 0 Å². The lowest BCUT2D eigenvalue weighted by atomic mass is 10.0. The van der Waals surface area contributed by atoms with Crippen LogP contribution in [0.1, 0.15) is 296 Å². The van der Waals surface area contributed by atoms with E-state index in [0.29, 0.717) is 6.42 Å². The largest absolute Gasteiger partial charge is 0.472 e. The summed E-state index contributed by atoms with van der Waals surface area (Å²) in [7, 11) is -4.38. The van der Waals surface area contributed by atoms with Crippen LogP contribution in [0.25, 0.3) is 0 Å². The van der Waals surface area contributed by atoms with Crippen molar-refractivity contribution >= 4 is 19.8 Å². The predicted octanol–water partition coefficient (Wildman–Crippen LogP) is 17.3. The lowest BCUT2D eigenvalue weighted by molar-refractivity contribution is -0.161. The Labute approximate surface area is 402 Å². The quantitative estimate of drug-likeness (QED) is 0.0264. The van der Waals surface area contributed by atoms with Crippen molar-refractivity contribution in [2.45, 2.75) is 302 Å². The molecule has 2 atom stereocenters. The number of carbonyl (C=O) groups excluding carboxylic acids is 2. The Hall–Kier alpha value is -1.25. The highest BCUT2D eigenvalue weighted by molar-refractivity contribution is 7.47. The third-order valence-corrected chi connectivity index (χ3v) is 13.6. The van der Waals surface area contributed by atoms with E-state index in [-0.39, 0.29) is 38.6 Å². The maximum absolute atomic E-state index is 12.7. The van der Waals surface area contributed by atoms with E-state index in [1.807, 2.05) is 0 Å². The minimum atomic E-state index is -4.38. The van der Waals surface area contributed by atoms with E-state index < -0.39 is 26.5 Å². The number of phosphoric ester groups is 1. The van der Waals surface area contributed by atoms with Crippen molar-refractivity contribution in [1.29, 1.82) is 0 Å². The Balaban J connectivity index is 3.88. The van der Waals surface area contributed by atoms with Crippen molar-refractivity contribution in [3.05, 3.63) is 12.2 Å². The zero-order valence-corrected chi connectivity index (χ0v) is 43.9. The number of phosphoric acid groups is 1. The highest BCUT2D eigenvalue weighted by Crippen LogP contribution is 2.43. The molecule has 65 heavy (non-hydrogen) atoms. The molecule has 0 rings (SSSR count). The maximum atomic E-state index is 12.7. The first-order valence-corrected chi connectivity index (χ1v) is 29.7. The van der Waals surface area contributed by atoms with Crippen LogP contribution < -0.4 is 5.73 Å². The molecule has 2 unspecified atom stereocenters. The molecule has 0 heterocycles. The van der Waals surface area contributed by atoms with Crippen molar-refractivity contribution in [3.63, 3.8) is 0 Å². The molecule has 0 bridgehead atoms. The first-order chi connectivity index (χ1) is 31.8. The summed E-state index contributed by atoms with van der Waals surface area (Å²) in [5.41, 5.74) is 5.37. The molecule has 9 nitrogen and oxygen atoms in total. The standard InChI is InChI=1S/C55H108NO8P/c1-3-5-7-9-11-13-15-17-19-20-21-22-23-24-25-26-27-28-29-30-31-32-34-36-38-40-42-44-46-48-55(58)64-53(52-63-65(59,60)62-50-49-56)51-61-54(57)47-45-43-41-39-37-35-33-18-16-14-12-10-8-6-4-2/h20-21,53H,3-19,22-52,56H2,1-2H3,(H,59,60)/b21-20-. The summed E-state index contributed by atoms with van der Waals surface area (Å²) < 4.78 is 33.0. The highest BCUT2D eigenvalue weighted by Gasteiger charge is 2.26. The van der Waals surface area contributed by atoms with Gasteiger partial charge in [0.15, 0.2) is 6.10 Å². The van der Waals surface area contributed by atoms with Crippen LogP contribution in [0.2, 0.25) is 0 Å². The predicted molar refractivity (Wildman–Crippen MR) is 275 cm³/mol. The molecular formula is C55H108NO8P. The minimum absolute atomic E-state index is 0.0573. The van der Waals surface area contributed by atoms with Gasteiger partial charge in [0.25, 0.3) is 0 Å². The molecular weight excluding hydrogens is 834 g/mol. The highest BCUT2D eigenvalue weighted by atomic mass is 31.2. The lowest BCUT2D eigenvalue weighted by Crippen LogP contribution is -2.29. The van der Waals surface area contributed by atoms with Crippen LogP contribution in [0, 0.1) is 0 Å². The van der Waals surface area contributed by atoms with Gasteiger partial charge in [-0.2, -0.15) is 0 Å². The second-order valence-corrected chi connectivity index (χ2v) is 20.6. The van der Waals surface area contributed by atoms with Gasteiger partial charge in [-0.05, 0) is 38.5 Å². The Morgan fingerprint density at radius 1 is 0.446 bits per heavy atom. The van der Waals surface area contributed by atoms with Crippen LogP contribution in [0.4, 0.5) is 0 Å². The van der Waals surface area contributed by atoms with E-state index >= 15 is 0 Å². The van der Waals surface area contributed by atoms with Gasteiger partial charge in [0, 0.05) is 19.4 Å². The molecule has 0 aliphatic heterocycles. The number of esters is 2. The fourth-order valence-electron chi connectivity index (χ4n) is 8.46. The molecule has 0 spiro atoms. The first kappa shape index (κ1) is 63.8. The molecule has 3 N–H and O–H groups in total. The first-order valence-electron chi connectivity index (χ1n) is 28.2. The molecule has 0 aromatic carbocycles. The second-order valence-electron chi connectivity index (χ2n) is 19.2.